The maximum atomic E-state index is 6.03. The van der Waals surface area contributed by atoms with Gasteiger partial charge in [-0.15, -0.1) is 11.6 Å². The van der Waals surface area contributed by atoms with Crippen molar-refractivity contribution < 1.29 is 0 Å². The normalized spacial score (nSPS) is 28.5. The summed E-state index contributed by atoms with van der Waals surface area (Å²) in [7, 11) is 0. The molecule has 1 aliphatic heterocycles. The van der Waals surface area contributed by atoms with E-state index >= 15 is 0 Å². The fourth-order valence-corrected chi connectivity index (χ4v) is 1.92. The van der Waals surface area contributed by atoms with E-state index in [-0.39, 0.29) is 5.50 Å². The molecule has 2 rings (SSSR count). The molecule has 2 atom stereocenters. The lowest BCUT2D eigenvalue weighted by molar-refractivity contribution is 0.619. The van der Waals surface area contributed by atoms with Crippen LogP contribution in [0.2, 0.25) is 0 Å². The van der Waals surface area contributed by atoms with Gasteiger partial charge in [-0.3, -0.25) is 5.32 Å². The molecule has 0 amide bonds. The highest BCUT2D eigenvalue weighted by atomic mass is 35.5. The molecule has 1 aliphatic rings. The van der Waals surface area contributed by atoms with Gasteiger partial charge in [0, 0.05) is 6.04 Å². The van der Waals surface area contributed by atoms with E-state index in [0.29, 0.717) is 6.04 Å². The van der Waals surface area contributed by atoms with Crippen LogP contribution < -0.4 is 5.32 Å². The van der Waals surface area contributed by atoms with Crippen molar-refractivity contribution in [3.8, 4) is 0 Å². The fraction of sp³-hybridized carbons (Fsp3) is 0.333. The van der Waals surface area contributed by atoms with E-state index in [1.54, 1.807) is 0 Å². The van der Waals surface area contributed by atoms with E-state index in [1.807, 2.05) is 12.1 Å². The van der Waals surface area contributed by atoms with Crippen molar-refractivity contribution in [1.29, 1.82) is 0 Å². The van der Waals surface area contributed by atoms with E-state index < -0.39 is 0 Å². The molecule has 1 aromatic carbocycles. The third kappa shape index (κ3) is 1.05. The first-order valence-corrected chi connectivity index (χ1v) is 4.21. The van der Waals surface area contributed by atoms with Crippen LogP contribution in [0, 0.1) is 0 Å². The van der Waals surface area contributed by atoms with Crippen LogP contribution in [0.4, 0.5) is 0 Å². The second-order valence-corrected chi connectivity index (χ2v) is 3.32. The van der Waals surface area contributed by atoms with Gasteiger partial charge in [0.2, 0.25) is 0 Å². The molecule has 2 unspecified atom stereocenters. The van der Waals surface area contributed by atoms with Crippen molar-refractivity contribution in [1.82, 2.24) is 5.32 Å². The molecular formula is C9H10ClN. The lowest BCUT2D eigenvalue weighted by Crippen LogP contribution is -2.09. The Morgan fingerprint density at radius 3 is 2.55 bits per heavy atom. The Labute approximate surface area is 71.4 Å². The predicted octanol–water partition coefficient (Wildman–Crippen LogP) is 2.59. The van der Waals surface area contributed by atoms with E-state index in [0.717, 1.165) is 0 Å². The number of hydrogen-bond donors (Lipinski definition) is 1. The van der Waals surface area contributed by atoms with Crippen molar-refractivity contribution >= 4 is 11.6 Å². The Hall–Kier alpha value is -0.530. The molecule has 0 fully saturated rings. The van der Waals surface area contributed by atoms with Crippen LogP contribution in [-0.2, 0) is 0 Å². The molecule has 0 radical (unpaired) electrons. The predicted molar refractivity (Wildman–Crippen MR) is 46.6 cm³/mol. The molecule has 1 nitrogen and oxygen atoms in total. The van der Waals surface area contributed by atoms with E-state index in [1.165, 1.54) is 11.1 Å². The number of fused-ring (bicyclic) bond motifs is 1. The zero-order valence-corrected chi connectivity index (χ0v) is 7.10. The molecule has 0 saturated heterocycles. The van der Waals surface area contributed by atoms with Gasteiger partial charge in [0.05, 0.1) is 0 Å². The lowest BCUT2D eigenvalue weighted by Gasteiger charge is -2.02. The van der Waals surface area contributed by atoms with Gasteiger partial charge in [0.15, 0.2) is 0 Å². The minimum absolute atomic E-state index is 0.00111. The fourth-order valence-electron chi connectivity index (χ4n) is 1.54. The van der Waals surface area contributed by atoms with Crippen molar-refractivity contribution in [2.75, 3.05) is 0 Å². The Morgan fingerprint density at radius 2 is 1.91 bits per heavy atom. The Morgan fingerprint density at radius 1 is 1.27 bits per heavy atom. The zero-order valence-electron chi connectivity index (χ0n) is 6.34. The van der Waals surface area contributed by atoms with Crippen LogP contribution in [0.3, 0.4) is 0 Å². The van der Waals surface area contributed by atoms with Gasteiger partial charge in [0.25, 0.3) is 0 Å². The highest BCUT2D eigenvalue weighted by Crippen LogP contribution is 2.34. The molecular weight excluding hydrogens is 158 g/mol. The number of nitrogens with one attached hydrogen (secondary N) is 1. The van der Waals surface area contributed by atoms with Crippen molar-refractivity contribution in [3.05, 3.63) is 35.4 Å². The topological polar surface area (TPSA) is 12.0 Å². The largest absolute Gasteiger partial charge is 0.291 e. The van der Waals surface area contributed by atoms with Gasteiger partial charge in [-0.1, -0.05) is 24.3 Å². The quantitative estimate of drug-likeness (QED) is 0.463. The van der Waals surface area contributed by atoms with Gasteiger partial charge in [-0.25, -0.2) is 0 Å². The average molecular weight is 168 g/mol. The Bertz CT molecular complexity index is 245. The summed E-state index contributed by atoms with van der Waals surface area (Å²) in [5.41, 5.74) is 2.55. The highest BCUT2D eigenvalue weighted by molar-refractivity contribution is 6.21. The number of benzene rings is 1. The van der Waals surface area contributed by atoms with Crippen molar-refractivity contribution in [2.45, 2.75) is 18.5 Å². The van der Waals surface area contributed by atoms with Crippen LogP contribution in [0.25, 0.3) is 0 Å². The first-order valence-electron chi connectivity index (χ1n) is 3.78. The standard InChI is InChI=1S/C9H10ClN/c1-6-7-4-2-3-5-8(7)9(10)11-6/h2-6,9,11H,1H3. The van der Waals surface area contributed by atoms with Crippen molar-refractivity contribution in [3.63, 3.8) is 0 Å². The molecule has 2 heteroatoms. The smallest absolute Gasteiger partial charge is 0.109 e. The SMILES string of the molecule is CC1NC(Cl)c2ccccc21. The summed E-state index contributed by atoms with van der Waals surface area (Å²) in [4.78, 5) is 0. The maximum absolute atomic E-state index is 6.03. The summed E-state index contributed by atoms with van der Waals surface area (Å²) in [5.74, 6) is 0. The minimum Gasteiger partial charge on any atom is -0.291 e. The molecule has 1 aromatic rings. The van der Waals surface area contributed by atoms with Gasteiger partial charge in [-0.2, -0.15) is 0 Å². The van der Waals surface area contributed by atoms with Crippen LogP contribution in [0.5, 0.6) is 0 Å². The van der Waals surface area contributed by atoms with Crippen LogP contribution in [-0.4, -0.2) is 0 Å². The number of halogens is 1. The second-order valence-electron chi connectivity index (χ2n) is 2.88. The first kappa shape index (κ1) is 7.14. The van der Waals surface area contributed by atoms with Crippen LogP contribution >= 0.6 is 11.6 Å². The Kier molecular flexibility index (Phi) is 1.63. The first-order chi connectivity index (χ1) is 5.29. The summed E-state index contributed by atoms with van der Waals surface area (Å²) in [6.45, 7) is 2.13. The van der Waals surface area contributed by atoms with E-state index in [2.05, 4.69) is 24.4 Å². The highest BCUT2D eigenvalue weighted by Gasteiger charge is 2.24. The molecule has 0 bridgehead atoms. The number of rotatable bonds is 0. The summed E-state index contributed by atoms with van der Waals surface area (Å²) in [6.07, 6.45) is 0. The van der Waals surface area contributed by atoms with Gasteiger partial charge in [-0.05, 0) is 18.1 Å². The monoisotopic (exact) mass is 167 g/mol. The van der Waals surface area contributed by atoms with E-state index in [4.69, 9.17) is 11.6 Å². The zero-order chi connectivity index (χ0) is 7.84. The van der Waals surface area contributed by atoms with E-state index in [9.17, 15) is 0 Å². The Balaban J connectivity index is 2.52. The minimum atomic E-state index is 0.00111. The van der Waals surface area contributed by atoms with Crippen molar-refractivity contribution in [2.24, 2.45) is 0 Å². The van der Waals surface area contributed by atoms with Gasteiger partial charge in [0.1, 0.15) is 5.50 Å². The second kappa shape index (κ2) is 2.50. The van der Waals surface area contributed by atoms with Gasteiger partial charge >= 0.3 is 0 Å². The third-order valence-corrected chi connectivity index (χ3v) is 2.49. The number of alkyl halides is 1. The summed E-state index contributed by atoms with van der Waals surface area (Å²) in [6, 6.07) is 8.66. The third-order valence-electron chi connectivity index (χ3n) is 2.13. The van der Waals surface area contributed by atoms with Crippen LogP contribution in [0.15, 0.2) is 24.3 Å². The molecule has 1 heterocycles. The number of hydrogen-bond acceptors (Lipinski definition) is 1. The average Bonchev–Trinajstić information content (AvgIpc) is 2.30. The molecule has 0 saturated carbocycles. The molecule has 1 N–H and O–H groups in total. The lowest BCUT2D eigenvalue weighted by atomic mass is 10.1. The van der Waals surface area contributed by atoms with Gasteiger partial charge < -0.3 is 0 Å². The summed E-state index contributed by atoms with van der Waals surface area (Å²) < 4.78 is 0. The molecule has 11 heavy (non-hydrogen) atoms. The molecule has 0 spiro atoms. The molecule has 0 aromatic heterocycles. The maximum Gasteiger partial charge on any atom is 0.109 e. The summed E-state index contributed by atoms with van der Waals surface area (Å²) in [5, 5.41) is 3.25. The summed E-state index contributed by atoms with van der Waals surface area (Å²) >= 11 is 6.03. The molecule has 58 valence electrons. The molecule has 0 aliphatic carbocycles. The van der Waals surface area contributed by atoms with Crippen LogP contribution in [0.1, 0.15) is 29.6 Å².